The number of nitrogens with one attached hydrogen (secondary N) is 1. The van der Waals surface area contributed by atoms with Gasteiger partial charge in [0.2, 0.25) is 0 Å². The molecule has 1 atom stereocenters. The second-order valence-corrected chi connectivity index (χ2v) is 3.93. The number of benzene rings is 1. The van der Waals surface area contributed by atoms with Gasteiger partial charge in [0.05, 0.1) is 5.52 Å². The Bertz CT molecular complexity index is 465. The third kappa shape index (κ3) is 2.31. The van der Waals surface area contributed by atoms with Gasteiger partial charge in [-0.15, -0.1) is 0 Å². The van der Waals surface area contributed by atoms with E-state index < -0.39 is 0 Å². The second kappa shape index (κ2) is 4.94. The molecule has 2 N–H and O–H groups in total. The lowest BCUT2D eigenvalue weighted by Crippen LogP contribution is -2.16. The maximum Gasteiger partial charge on any atom is 0.0722 e. The highest BCUT2D eigenvalue weighted by Gasteiger charge is 2.04. The van der Waals surface area contributed by atoms with Crippen LogP contribution in [0.5, 0.6) is 0 Å². The Kier molecular flexibility index (Phi) is 3.37. The molecule has 2 rings (SSSR count). The fourth-order valence-electron chi connectivity index (χ4n) is 1.75. The second-order valence-electron chi connectivity index (χ2n) is 3.93. The van der Waals surface area contributed by atoms with Crippen molar-refractivity contribution in [2.45, 2.75) is 19.4 Å². The zero-order valence-corrected chi connectivity index (χ0v) is 9.35. The summed E-state index contributed by atoms with van der Waals surface area (Å²) in [7, 11) is 0. The summed E-state index contributed by atoms with van der Waals surface area (Å²) in [6.07, 6.45) is 2.55. The molecule has 0 radical (unpaired) electrons. The number of para-hydroxylation sites is 1. The van der Waals surface area contributed by atoms with Crippen molar-refractivity contribution in [1.82, 2.24) is 4.98 Å². The van der Waals surface area contributed by atoms with Crippen LogP contribution in [0, 0.1) is 0 Å². The number of hydrogen-bond acceptors (Lipinski definition) is 3. The quantitative estimate of drug-likeness (QED) is 0.825. The number of pyridine rings is 1. The Hall–Kier alpha value is -1.61. The van der Waals surface area contributed by atoms with E-state index in [1.165, 1.54) is 0 Å². The molecule has 0 saturated carbocycles. The van der Waals surface area contributed by atoms with Gasteiger partial charge in [0.1, 0.15) is 0 Å². The van der Waals surface area contributed by atoms with Crippen LogP contribution in [0.15, 0.2) is 36.5 Å². The van der Waals surface area contributed by atoms with Crippen LogP contribution in [-0.2, 0) is 0 Å². The van der Waals surface area contributed by atoms with Crippen LogP contribution < -0.4 is 5.32 Å². The predicted octanol–water partition coefficient (Wildman–Crippen LogP) is 2.42. The molecular weight excluding hydrogens is 200 g/mol. The highest BCUT2D eigenvalue weighted by molar-refractivity contribution is 5.90. The van der Waals surface area contributed by atoms with Crippen molar-refractivity contribution < 1.29 is 5.11 Å². The standard InChI is InChI=1S/C13H16N2O/c1-10(7-9-16)15-13-6-8-14-12-5-3-2-4-11(12)13/h2-6,8,10,16H,7,9H2,1H3,(H,14,15). The molecule has 1 aromatic heterocycles. The van der Waals surface area contributed by atoms with Crippen molar-refractivity contribution in [3.63, 3.8) is 0 Å². The molecule has 0 aliphatic carbocycles. The first-order valence-electron chi connectivity index (χ1n) is 5.52. The first kappa shape index (κ1) is 10.9. The fourth-order valence-corrected chi connectivity index (χ4v) is 1.75. The minimum atomic E-state index is 0.206. The topological polar surface area (TPSA) is 45.1 Å². The number of rotatable bonds is 4. The number of anilines is 1. The van der Waals surface area contributed by atoms with Gasteiger partial charge in [-0.25, -0.2) is 0 Å². The van der Waals surface area contributed by atoms with Crippen LogP contribution in [-0.4, -0.2) is 22.7 Å². The molecule has 3 heteroatoms. The van der Waals surface area contributed by atoms with Crippen LogP contribution in [0.2, 0.25) is 0 Å². The zero-order valence-electron chi connectivity index (χ0n) is 9.35. The van der Waals surface area contributed by atoms with Gasteiger partial charge >= 0.3 is 0 Å². The van der Waals surface area contributed by atoms with Crippen LogP contribution in [0.1, 0.15) is 13.3 Å². The number of fused-ring (bicyclic) bond motifs is 1. The summed E-state index contributed by atoms with van der Waals surface area (Å²) in [5, 5.41) is 13.4. The third-order valence-corrected chi connectivity index (χ3v) is 2.61. The van der Waals surface area contributed by atoms with E-state index >= 15 is 0 Å². The smallest absolute Gasteiger partial charge is 0.0722 e. The van der Waals surface area contributed by atoms with Gasteiger partial charge in [-0.2, -0.15) is 0 Å². The summed E-state index contributed by atoms with van der Waals surface area (Å²) in [5.74, 6) is 0. The van der Waals surface area contributed by atoms with E-state index in [9.17, 15) is 0 Å². The van der Waals surface area contributed by atoms with E-state index in [1.54, 1.807) is 6.20 Å². The van der Waals surface area contributed by atoms with Crippen molar-refractivity contribution in [1.29, 1.82) is 0 Å². The van der Waals surface area contributed by atoms with E-state index in [0.29, 0.717) is 0 Å². The molecule has 0 amide bonds. The average molecular weight is 216 g/mol. The maximum absolute atomic E-state index is 8.88. The van der Waals surface area contributed by atoms with E-state index in [1.807, 2.05) is 24.3 Å². The normalized spacial score (nSPS) is 12.6. The molecule has 0 aliphatic rings. The van der Waals surface area contributed by atoms with Crippen molar-refractivity contribution in [3.05, 3.63) is 36.5 Å². The summed E-state index contributed by atoms with van der Waals surface area (Å²) in [5.41, 5.74) is 2.07. The molecule has 0 fully saturated rings. The number of nitrogens with zero attached hydrogens (tertiary/aromatic N) is 1. The number of aromatic nitrogens is 1. The minimum absolute atomic E-state index is 0.206. The Morgan fingerprint density at radius 2 is 2.12 bits per heavy atom. The summed E-state index contributed by atoms with van der Waals surface area (Å²) >= 11 is 0. The highest BCUT2D eigenvalue weighted by atomic mass is 16.3. The summed E-state index contributed by atoms with van der Waals surface area (Å²) < 4.78 is 0. The van der Waals surface area contributed by atoms with Crippen molar-refractivity contribution in [2.24, 2.45) is 0 Å². The maximum atomic E-state index is 8.88. The number of aliphatic hydroxyl groups excluding tert-OH is 1. The molecule has 0 aliphatic heterocycles. The zero-order chi connectivity index (χ0) is 11.4. The molecule has 2 aromatic rings. The molecule has 1 unspecified atom stereocenters. The Labute approximate surface area is 95.1 Å². The number of hydrogen-bond donors (Lipinski definition) is 2. The lowest BCUT2D eigenvalue weighted by Gasteiger charge is -2.15. The molecule has 16 heavy (non-hydrogen) atoms. The third-order valence-electron chi connectivity index (χ3n) is 2.61. The summed E-state index contributed by atoms with van der Waals surface area (Å²) in [6.45, 7) is 2.27. The summed E-state index contributed by atoms with van der Waals surface area (Å²) in [6, 6.07) is 10.3. The molecule has 1 heterocycles. The summed E-state index contributed by atoms with van der Waals surface area (Å²) in [4.78, 5) is 4.31. The van der Waals surface area contributed by atoms with Gasteiger partial charge in [-0.05, 0) is 25.5 Å². The molecule has 0 saturated heterocycles. The first-order valence-corrected chi connectivity index (χ1v) is 5.52. The van der Waals surface area contributed by atoms with E-state index in [4.69, 9.17) is 5.11 Å². The largest absolute Gasteiger partial charge is 0.396 e. The van der Waals surface area contributed by atoms with Gasteiger partial charge in [0, 0.05) is 29.9 Å². The van der Waals surface area contributed by atoms with Gasteiger partial charge < -0.3 is 10.4 Å². The lowest BCUT2D eigenvalue weighted by molar-refractivity contribution is 0.282. The van der Waals surface area contributed by atoms with Crippen LogP contribution in [0.4, 0.5) is 5.69 Å². The predicted molar refractivity (Wildman–Crippen MR) is 66.5 cm³/mol. The van der Waals surface area contributed by atoms with E-state index in [-0.39, 0.29) is 12.6 Å². The minimum Gasteiger partial charge on any atom is -0.396 e. The van der Waals surface area contributed by atoms with Gasteiger partial charge in [-0.1, -0.05) is 18.2 Å². The Balaban J connectivity index is 2.30. The lowest BCUT2D eigenvalue weighted by atomic mass is 10.1. The number of aliphatic hydroxyl groups is 1. The molecule has 0 spiro atoms. The van der Waals surface area contributed by atoms with E-state index in [0.717, 1.165) is 23.0 Å². The molecular formula is C13H16N2O. The highest BCUT2D eigenvalue weighted by Crippen LogP contribution is 2.21. The van der Waals surface area contributed by atoms with Gasteiger partial charge in [0.15, 0.2) is 0 Å². The monoisotopic (exact) mass is 216 g/mol. The molecule has 3 nitrogen and oxygen atoms in total. The molecule has 0 bridgehead atoms. The molecule has 1 aromatic carbocycles. The molecule has 84 valence electrons. The van der Waals surface area contributed by atoms with Gasteiger partial charge in [0.25, 0.3) is 0 Å². The fraction of sp³-hybridized carbons (Fsp3) is 0.308. The van der Waals surface area contributed by atoms with Crippen molar-refractivity contribution in [2.75, 3.05) is 11.9 Å². The van der Waals surface area contributed by atoms with Crippen LogP contribution in [0.25, 0.3) is 10.9 Å². The SMILES string of the molecule is CC(CCO)Nc1ccnc2ccccc12. The Morgan fingerprint density at radius 3 is 2.94 bits per heavy atom. The Morgan fingerprint density at radius 1 is 1.31 bits per heavy atom. The van der Waals surface area contributed by atoms with Crippen molar-refractivity contribution >= 4 is 16.6 Å². The van der Waals surface area contributed by atoms with Crippen LogP contribution >= 0.6 is 0 Å². The van der Waals surface area contributed by atoms with Crippen molar-refractivity contribution in [3.8, 4) is 0 Å². The first-order chi connectivity index (χ1) is 7.81. The van der Waals surface area contributed by atoms with Crippen LogP contribution in [0.3, 0.4) is 0 Å². The van der Waals surface area contributed by atoms with E-state index in [2.05, 4.69) is 23.3 Å². The van der Waals surface area contributed by atoms with Gasteiger partial charge in [-0.3, -0.25) is 4.98 Å². The average Bonchev–Trinajstić information content (AvgIpc) is 2.30.